The summed E-state index contributed by atoms with van der Waals surface area (Å²) in [6, 6.07) is 3.04. The lowest BCUT2D eigenvalue weighted by Gasteiger charge is -2.15. The summed E-state index contributed by atoms with van der Waals surface area (Å²) in [6.45, 7) is 0.191. The number of nitrogens with one attached hydrogen (secondary N) is 1. The van der Waals surface area contributed by atoms with Crippen LogP contribution in [0.4, 0.5) is 13.2 Å². The number of alkyl halides is 3. The van der Waals surface area contributed by atoms with Gasteiger partial charge in [-0.3, -0.25) is 0 Å². The SMILES string of the molecule is CNC(COC)CS(=O)(=O)c1ccc(C(F)(F)F)cc1. The number of benzene rings is 1. The third-order valence-electron chi connectivity index (χ3n) is 2.74. The number of ether oxygens (including phenoxy) is 1. The monoisotopic (exact) mass is 311 g/mol. The van der Waals surface area contributed by atoms with Gasteiger partial charge in [0.25, 0.3) is 0 Å². The molecule has 1 aromatic rings. The van der Waals surface area contributed by atoms with Crippen molar-refractivity contribution < 1.29 is 26.3 Å². The first-order valence-corrected chi connectivity index (χ1v) is 7.42. The standard InChI is InChI=1S/C12H16F3NO3S/c1-16-10(7-19-2)8-20(17,18)11-5-3-9(4-6-11)12(13,14)15/h3-6,10,16H,7-8H2,1-2H3. The van der Waals surface area contributed by atoms with E-state index in [0.29, 0.717) is 0 Å². The summed E-state index contributed by atoms with van der Waals surface area (Å²) < 4.78 is 66.2. The molecule has 0 aliphatic rings. The van der Waals surface area contributed by atoms with E-state index in [0.717, 1.165) is 24.3 Å². The molecule has 1 N–H and O–H groups in total. The summed E-state index contributed by atoms with van der Waals surface area (Å²) in [4.78, 5) is -0.137. The summed E-state index contributed by atoms with van der Waals surface area (Å²) >= 11 is 0. The van der Waals surface area contributed by atoms with E-state index in [4.69, 9.17) is 4.74 Å². The first-order valence-electron chi connectivity index (χ1n) is 5.77. The largest absolute Gasteiger partial charge is 0.416 e. The van der Waals surface area contributed by atoms with Crippen molar-refractivity contribution in [2.45, 2.75) is 17.1 Å². The lowest BCUT2D eigenvalue weighted by Crippen LogP contribution is -2.36. The molecule has 0 saturated heterocycles. The Kier molecular flexibility index (Phi) is 5.55. The molecule has 0 bridgehead atoms. The minimum atomic E-state index is -4.48. The number of hydrogen-bond donors (Lipinski definition) is 1. The van der Waals surface area contributed by atoms with Crippen molar-refractivity contribution in [3.63, 3.8) is 0 Å². The first-order chi connectivity index (χ1) is 9.20. The second kappa shape index (κ2) is 6.55. The normalized spacial score (nSPS) is 14.2. The van der Waals surface area contributed by atoms with Crippen LogP contribution in [-0.4, -0.2) is 41.0 Å². The van der Waals surface area contributed by atoms with Crippen molar-refractivity contribution in [1.82, 2.24) is 5.32 Å². The molecule has 20 heavy (non-hydrogen) atoms. The van der Waals surface area contributed by atoms with Crippen LogP contribution in [0.2, 0.25) is 0 Å². The predicted octanol–water partition coefficient (Wildman–Crippen LogP) is 1.71. The van der Waals surface area contributed by atoms with Crippen LogP contribution in [0.3, 0.4) is 0 Å². The number of likely N-dealkylation sites (N-methyl/N-ethyl adjacent to an activating group) is 1. The van der Waals surface area contributed by atoms with Gasteiger partial charge in [-0.05, 0) is 31.3 Å². The van der Waals surface area contributed by atoms with Gasteiger partial charge in [0.05, 0.1) is 22.8 Å². The molecule has 0 saturated carbocycles. The maximum atomic E-state index is 12.4. The van der Waals surface area contributed by atoms with Gasteiger partial charge in [-0.25, -0.2) is 8.42 Å². The smallest absolute Gasteiger partial charge is 0.383 e. The number of halogens is 3. The Labute approximate surface area is 115 Å². The average molecular weight is 311 g/mol. The summed E-state index contributed by atoms with van der Waals surface area (Å²) in [5, 5.41) is 2.78. The van der Waals surface area contributed by atoms with E-state index in [-0.39, 0.29) is 17.3 Å². The number of hydrogen-bond acceptors (Lipinski definition) is 4. The van der Waals surface area contributed by atoms with Gasteiger partial charge in [0, 0.05) is 13.2 Å². The Morgan fingerprint density at radius 3 is 2.20 bits per heavy atom. The maximum Gasteiger partial charge on any atom is 0.416 e. The highest BCUT2D eigenvalue weighted by atomic mass is 32.2. The van der Waals surface area contributed by atoms with Crippen molar-refractivity contribution in [2.75, 3.05) is 26.5 Å². The Balaban J connectivity index is 2.93. The minimum Gasteiger partial charge on any atom is -0.383 e. The van der Waals surface area contributed by atoms with Crippen LogP contribution in [0, 0.1) is 0 Å². The van der Waals surface area contributed by atoms with Crippen LogP contribution < -0.4 is 5.32 Å². The molecule has 4 nitrogen and oxygen atoms in total. The molecule has 0 fully saturated rings. The van der Waals surface area contributed by atoms with Crippen molar-refractivity contribution >= 4 is 9.84 Å². The highest BCUT2D eigenvalue weighted by Crippen LogP contribution is 2.29. The van der Waals surface area contributed by atoms with Gasteiger partial charge in [0.2, 0.25) is 0 Å². The van der Waals surface area contributed by atoms with Crippen molar-refractivity contribution in [3.8, 4) is 0 Å². The molecule has 0 spiro atoms. The summed E-state index contributed by atoms with van der Waals surface area (Å²) in [5.41, 5.74) is -0.876. The molecule has 0 heterocycles. The third-order valence-corrected chi connectivity index (χ3v) is 4.57. The fourth-order valence-electron chi connectivity index (χ4n) is 1.63. The molecule has 1 unspecified atom stereocenters. The van der Waals surface area contributed by atoms with Gasteiger partial charge >= 0.3 is 6.18 Å². The lowest BCUT2D eigenvalue weighted by molar-refractivity contribution is -0.137. The summed E-state index contributed by atoms with van der Waals surface area (Å²) in [7, 11) is -0.637. The molecular formula is C12H16F3NO3S. The van der Waals surface area contributed by atoms with Crippen LogP contribution in [0.15, 0.2) is 29.2 Å². The molecule has 1 rings (SSSR count). The highest BCUT2D eigenvalue weighted by molar-refractivity contribution is 7.91. The van der Waals surface area contributed by atoms with E-state index in [9.17, 15) is 21.6 Å². The Hall–Kier alpha value is -1.12. The zero-order valence-corrected chi connectivity index (χ0v) is 11.9. The van der Waals surface area contributed by atoms with E-state index in [2.05, 4.69) is 5.32 Å². The lowest BCUT2D eigenvalue weighted by atomic mass is 10.2. The quantitative estimate of drug-likeness (QED) is 0.869. The Morgan fingerprint density at radius 2 is 1.80 bits per heavy atom. The molecular weight excluding hydrogens is 295 g/mol. The number of sulfone groups is 1. The molecule has 0 radical (unpaired) electrons. The molecule has 114 valence electrons. The summed E-state index contributed by atoms with van der Waals surface area (Å²) in [6.07, 6.45) is -4.48. The molecule has 0 amide bonds. The molecule has 8 heteroatoms. The molecule has 1 atom stereocenters. The van der Waals surface area contributed by atoms with Gasteiger partial charge in [-0.1, -0.05) is 0 Å². The second-order valence-corrected chi connectivity index (χ2v) is 6.28. The zero-order chi connectivity index (χ0) is 15.4. The first kappa shape index (κ1) is 16.9. The second-order valence-electron chi connectivity index (χ2n) is 4.24. The number of methoxy groups -OCH3 is 1. The third kappa shape index (κ3) is 4.46. The zero-order valence-electron chi connectivity index (χ0n) is 11.1. The number of rotatable bonds is 6. The Bertz CT molecular complexity index is 526. The van der Waals surface area contributed by atoms with Crippen LogP contribution in [0.1, 0.15) is 5.56 Å². The molecule has 0 aliphatic carbocycles. The van der Waals surface area contributed by atoms with E-state index in [1.807, 2.05) is 0 Å². The molecule has 1 aromatic carbocycles. The topological polar surface area (TPSA) is 55.4 Å². The van der Waals surface area contributed by atoms with Crippen molar-refractivity contribution in [2.24, 2.45) is 0 Å². The highest BCUT2D eigenvalue weighted by Gasteiger charge is 2.30. The molecule has 0 aromatic heterocycles. The van der Waals surface area contributed by atoms with Crippen molar-refractivity contribution in [3.05, 3.63) is 29.8 Å². The van der Waals surface area contributed by atoms with Gasteiger partial charge in [-0.2, -0.15) is 13.2 Å². The fourth-order valence-corrected chi connectivity index (χ4v) is 3.16. The van der Waals surface area contributed by atoms with E-state index < -0.39 is 27.6 Å². The van der Waals surface area contributed by atoms with E-state index in [1.165, 1.54) is 7.11 Å². The van der Waals surface area contributed by atoms with E-state index >= 15 is 0 Å². The van der Waals surface area contributed by atoms with Crippen LogP contribution in [-0.2, 0) is 20.8 Å². The van der Waals surface area contributed by atoms with Crippen molar-refractivity contribution in [1.29, 1.82) is 0 Å². The average Bonchev–Trinajstić information content (AvgIpc) is 2.37. The van der Waals surface area contributed by atoms with Gasteiger partial charge in [0.1, 0.15) is 0 Å². The van der Waals surface area contributed by atoms with Gasteiger partial charge in [0.15, 0.2) is 9.84 Å². The molecule has 0 aliphatic heterocycles. The fraction of sp³-hybridized carbons (Fsp3) is 0.500. The predicted molar refractivity (Wildman–Crippen MR) is 68.2 cm³/mol. The van der Waals surface area contributed by atoms with Gasteiger partial charge in [-0.15, -0.1) is 0 Å². The van der Waals surface area contributed by atoms with Crippen LogP contribution >= 0.6 is 0 Å². The minimum absolute atomic E-state index is 0.137. The maximum absolute atomic E-state index is 12.4. The van der Waals surface area contributed by atoms with Gasteiger partial charge < -0.3 is 10.1 Å². The van der Waals surface area contributed by atoms with Crippen LogP contribution in [0.25, 0.3) is 0 Å². The van der Waals surface area contributed by atoms with Crippen LogP contribution in [0.5, 0.6) is 0 Å². The van der Waals surface area contributed by atoms with E-state index in [1.54, 1.807) is 7.05 Å². The Morgan fingerprint density at radius 1 is 1.25 bits per heavy atom. The summed E-state index contributed by atoms with van der Waals surface area (Å²) in [5.74, 6) is -0.247.